The molecule has 0 saturated heterocycles. The van der Waals surface area contributed by atoms with E-state index in [1.54, 1.807) is 11.1 Å². The van der Waals surface area contributed by atoms with E-state index in [1.807, 2.05) is 12.1 Å². The Morgan fingerprint density at radius 1 is 0.611 bits per heavy atom. The van der Waals surface area contributed by atoms with E-state index in [4.69, 9.17) is 16.0 Å². The van der Waals surface area contributed by atoms with Gasteiger partial charge in [0.05, 0.1) is 0 Å². The minimum atomic E-state index is 0.172. The molecular weight excluding hydrogens is 460 g/mol. The van der Waals surface area contributed by atoms with E-state index in [0.29, 0.717) is 0 Å². The van der Waals surface area contributed by atoms with Crippen LogP contribution in [0, 0.1) is 23.7 Å². The van der Waals surface area contributed by atoms with Crippen LogP contribution in [0.25, 0.3) is 44.2 Å². The molecule has 0 atom stereocenters. The van der Waals surface area contributed by atoms with Gasteiger partial charge in [-0.25, -0.2) is 0 Å². The van der Waals surface area contributed by atoms with Gasteiger partial charge in [-0.15, -0.1) is 0 Å². The van der Waals surface area contributed by atoms with Crippen molar-refractivity contribution in [3.05, 3.63) is 95.0 Å². The smallest absolute Gasteiger partial charge is 0.136 e. The van der Waals surface area contributed by atoms with Gasteiger partial charge in [0.2, 0.25) is 0 Å². The first-order chi connectivity index (χ1) is 17.7. The van der Waals surface area contributed by atoms with Crippen molar-refractivity contribution in [2.45, 2.75) is 37.5 Å². The monoisotopic (exact) mass is 486 g/mol. The Kier molecular flexibility index (Phi) is 3.81. The van der Waals surface area contributed by atoms with E-state index in [2.05, 4.69) is 66.7 Å². The van der Waals surface area contributed by atoms with Crippen LogP contribution in [0.3, 0.4) is 0 Å². The molecule has 4 saturated carbocycles. The number of furan rings is 1. The van der Waals surface area contributed by atoms with Crippen molar-refractivity contribution >= 4 is 33.5 Å². The van der Waals surface area contributed by atoms with E-state index in [9.17, 15) is 0 Å². The molecule has 4 fully saturated rings. The molecule has 176 valence electrons. The van der Waals surface area contributed by atoms with Gasteiger partial charge in [-0.1, -0.05) is 66.2 Å². The fraction of sp³-hybridized carbons (Fsp3) is 0.294. The molecule has 4 aromatic carbocycles. The van der Waals surface area contributed by atoms with Gasteiger partial charge in [-0.3, -0.25) is 0 Å². The van der Waals surface area contributed by atoms with Crippen molar-refractivity contribution in [3.63, 3.8) is 0 Å². The fourth-order valence-corrected chi connectivity index (χ4v) is 9.56. The number of rotatable bonds is 1. The van der Waals surface area contributed by atoms with Crippen LogP contribution < -0.4 is 0 Å². The van der Waals surface area contributed by atoms with Crippen LogP contribution >= 0.6 is 11.6 Å². The molecule has 5 aromatic rings. The lowest BCUT2D eigenvalue weighted by Gasteiger charge is -2.61. The van der Waals surface area contributed by atoms with Crippen molar-refractivity contribution in [2.24, 2.45) is 23.7 Å². The third-order valence-electron chi connectivity index (χ3n) is 10.3. The Hall–Kier alpha value is -3.03. The highest BCUT2D eigenvalue weighted by atomic mass is 35.5. The summed E-state index contributed by atoms with van der Waals surface area (Å²) < 4.78 is 6.24. The van der Waals surface area contributed by atoms with Crippen LogP contribution in [0.2, 0.25) is 5.02 Å². The van der Waals surface area contributed by atoms with Crippen LogP contribution in [0.1, 0.15) is 43.2 Å². The summed E-state index contributed by atoms with van der Waals surface area (Å²) in [5.41, 5.74) is 10.4. The molecule has 10 rings (SSSR count). The predicted octanol–water partition coefficient (Wildman–Crippen LogP) is 9.63. The molecule has 0 amide bonds. The van der Waals surface area contributed by atoms with Crippen LogP contribution in [0.5, 0.6) is 0 Å². The molecule has 0 radical (unpaired) electrons. The van der Waals surface area contributed by atoms with Gasteiger partial charge in [0.1, 0.15) is 11.2 Å². The second kappa shape index (κ2) is 6.84. The van der Waals surface area contributed by atoms with Gasteiger partial charge < -0.3 is 4.42 Å². The lowest BCUT2D eigenvalue weighted by molar-refractivity contribution is -0.0399. The lowest BCUT2D eigenvalue weighted by atomic mass is 9.43. The molecule has 0 unspecified atom stereocenters. The molecule has 1 heterocycles. The highest BCUT2D eigenvalue weighted by Crippen LogP contribution is 2.69. The number of para-hydroxylation sites is 1. The van der Waals surface area contributed by atoms with Crippen LogP contribution in [-0.2, 0) is 5.41 Å². The van der Waals surface area contributed by atoms with Gasteiger partial charge >= 0.3 is 0 Å². The summed E-state index contributed by atoms with van der Waals surface area (Å²) in [6, 6.07) is 28.9. The largest absolute Gasteiger partial charge is 0.456 e. The second-order valence-corrected chi connectivity index (χ2v) is 12.3. The third kappa shape index (κ3) is 2.39. The third-order valence-corrected chi connectivity index (χ3v) is 10.6. The number of hydrogen-bond donors (Lipinski definition) is 0. The Morgan fingerprint density at radius 3 is 2.17 bits per heavy atom. The summed E-state index contributed by atoms with van der Waals surface area (Å²) in [5.74, 6) is 3.42. The van der Waals surface area contributed by atoms with E-state index < -0.39 is 0 Å². The molecule has 5 aliphatic rings. The van der Waals surface area contributed by atoms with E-state index in [1.165, 1.54) is 48.8 Å². The summed E-state index contributed by atoms with van der Waals surface area (Å²) in [4.78, 5) is 0. The normalized spacial score (nSPS) is 29.4. The van der Waals surface area contributed by atoms with Crippen molar-refractivity contribution in [2.75, 3.05) is 0 Å². The topological polar surface area (TPSA) is 13.1 Å². The molecular formula is C34H27ClO. The number of halogens is 1. The summed E-state index contributed by atoms with van der Waals surface area (Å²) in [5, 5.41) is 3.01. The van der Waals surface area contributed by atoms with Crippen molar-refractivity contribution in [3.8, 4) is 22.3 Å². The molecule has 1 spiro atoms. The zero-order valence-electron chi connectivity index (χ0n) is 20.1. The summed E-state index contributed by atoms with van der Waals surface area (Å²) in [6.45, 7) is 0. The van der Waals surface area contributed by atoms with Crippen molar-refractivity contribution in [1.82, 2.24) is 0 Å². The number of benzene rings is 4. The quantitative estimate of drug-likeness (QED) is 0.230. The minimum Gasteiger partial charge on any atom is -0.456 e. The van der Waals surface area contributed by atoms with Gasteiger partial charge in [0.25, 0.3) is 0 Å². The molecule has 0 aliphatic heterocycles. The Balaban J connectivity index is 1.28. The second-order valence-electron chi connectivity index (χ2n) is 11.9. The summed E-state index contributed by atoms with van der Waals surface area (Å²) in [6.07, 6.45) is 7.07. The zero-order valence-corrected chi connectivity index (χ0v) is 20.9. The molecule has 36 heavy (non-hydrogen) atoms. The maximum absolute atomic E-state index is 6.99. The Bertz CT molecular complexity index is 1690. The van der Waals surface area contributed by atoms with Crippen molar-refractivity contribution < 1.29 is 4.42 Å². The molecule has 5 aliphatic carbocycles. The maximum atomic E-state index is 6.99. The summed E-state index contributed by atoms with van der Waals surface area (Å²) >= 11 is 6.99. The molecule has 1 nitrogen and oxygen atoms in total. The van der Waals surface area contributed by atoms with Crippen LogP contribution in [0.4, 0.5) is 0 Å². The predicted molar refractivity (Wildman–Crippen MR) is 147 cm³/mol. The lowest BCUT2D eigenvalue weighted by Crippen LogP contribution is -2.55. The standard InChI is InChI=1S/C34H27ClO/c35-31-17-28-26-6-2-4-8-32(26)36-33(28)18-27(31)21-9-10-25-24-5-1-3-7-29(24)34(30(25)16-21)22-12-19-11-20(14-22)15-23(34)13-19/h1-10,16-20,22-23H,11-15H2. The number of fused-ring (bicyclic) bond motifs is 6. The van der Waals surface area contributed by atoms with Crippen molar-refractivity contribution in [1.29, 1.82) is 0 Å². The Labute approximate surface area is 216 Å². The van der Waals surface area contributed by atoms with Gasteiger partial charge in [0.15, 0.2) is 0 Å². The first-order valence-corrected chi connectivity index (χ1v) is 13.9. The average molecular weight is 487 g/mol. The zero-order chi connectivity index (χ0) is 23.6. The fourth-order valence-electron chi connectivity index (χ4n) is 9.29. The summed E-state index contributed by atoms with van der Waals surface area (Å²) in [7, 11) is 0. The van der Waals surface area contributed by atoms with Gasteiger partial charge in [-0.05, 0) is 108 Å². The van der Waals surface area contributed by atoms with E-state index in [-0.39, 0.29) is 5.41 Å². The highest BCUT2D eigenvalue weighted by molar-refractivity contribution is 6.34. The van der Waals surface area contributed by atoms with E-state index >= 15 is 0 Å². The number of hydrogen-bond acceptors (Lipinski definition) is 1. The average Bonchev–Trinajstić information content (AvgIpc) is 3.39. The molecule has 1 aromatic heterocycles. The SMILES string of the molecule is Clc1cc2c(cc1-c1ccc3c(c1)C1(c4ccccc4-3)C3CC4CC(C3)CC1C4)oc1ccccc12. The molecule has 4 bridgehead atoms. The Morgan fingerprint density at radius 2 is 1.33 bits per heavy atom. The van der Waals surface area contributed by atoms with Crippen LogP contribution in [-0.4, -0.2) is 0 Å². The molecule has 2 heteroatoms. The van der Waals surface area contributed by atoms with Crippen LogP contribution in [0.15, 0.2) is 83.3 Å². The molecule has 0 N–H and O–H groups in total. The highest BCUT2D eigenvalue weighted by Gasteiger charge is 2.61. The van der Waals surface area contributed by atoms with Gasteiger partial charge in [0, 0.05) is 26.8 Å². The van der Waals surface area contributed by atoms with Gasteiger partial charge in [-0.2, -0.15) is 0 Å². The first-order valence-electron chi connectivity index (χ1n) is 13.6. The first kappa shape index (κ1) is 20.1. The van der Waals surface area contributed by atoms with E-state index in [0.717, 1.165) is 56.2 Å². The maximum Gasteiger partial charge on any atom is 0.136 e. The minimum absolute atomic E-state index is 0.172.